The van der Waals surface area contributed by atoms with E-state index in [1.165, 1.54) is 0 Å². The van der Waals surface area contributed by atoms with Gasteiger partial charge in [0.25, 0.3) is 0 Å². The van der Waals surface area contributed by atoms with E-state index in [1.54, 1.807) is 0 Å². The molecule has 0 bridgehead atoms. The molecule has 76 valence electrons. The fourth-order valence-corrected chi connectivity index (χ4v) is 1.59. The van der Waals surface area contributed by atoms with Crippen LogP contribution in [0.1, 0.15) is 12.5 Å². The zero-order chi connectivity index (χ0) is 10.6. The monoisotopic (exact) mass is 255 g/mol. The minimum Gasteiger partial charge on any atom is -0.370 e. The first-order valence-electron chi connectivity index (χ1n) is 4.46. The van der Waals surface area contributed by atoms with Gasteiger partial charge in [-0.05, 0) is 37.6 Å². The molecule has 1 aromatic carbocycles. The number of hydrogen-bond donors (Lipinski definition) is 2. The highest BCUT2D eigenvalue weighted by Crippen LogP contribution is 2.19. The van der Waals surface area contributed by atoms with Crippen molar-refractivity contribution in [2.45, 2.75) is 13.8 Å². The van der Waals surface area contributed by atoms with E-state index in [0.717, 1.165) is 15.7 Å². The first kappa shape index (κ1) is 11.0. The lowest BCUT2D eigenvalue weighted by molar-refractivity contribution is 1.12. The molecule has 3 nitrogen and oxygen atoms in total. The van der Waals surface area contributed by atoms with Crippen LogP contribution in [0.5, 0.6) is 0 Å². The van der Waals surface area contributed by atoms with Crippen LogP contribution in [-0.2, 0) is 0 Å². The van der Waals surface area contributed by atoms with Gasteiger partial charge >= 0.3 is 0 Å². The molecule has 0 aliphatic heterocycles. The minimum absolute atomic E-state index is 0.456. The molecular weight excluding hydrogens is 242 g/mol. The molecule has 0 spiro atoms. The van der Waals surface area contributed by atoms with Crippen LogP contribution in [-0.4, -0.2) is 12.5 Å². The van der Waals surface area contributed by atoms with Gasteiger partial charge in [-0.3, -0.25) is 4.99 Å². The van der Waals surface area contributed by atoms with Gasteiger partial charge in [0, 0.05) is 16.7 Å². The molecule has 0 aliphatic rings. The van der Waals surface area contributed by atoms with Crippen molar-refractivity contribution < 1.29 is 0 Å². The summed E-state index contributed by atoms with van der Waals surface area (Å²) in [7, 11) is 0. The van der Waals surface area contributed by atoms with Crippen LogP contribution >= 0.6 is 15.9 Å². The molecule has 0 heterocycles. The van der Waals surface area contributed by atoms with Gasteiger partial charge in [-0.2, -0.15) is 0 Å². The highest BCUT2D eigenvalue weighted by Gasteiger charge is 1.99. The van der Waals surface area contributed by atoms with Gasteiger partial charge in [0.05, 0.1) is 0 Å². The summed E-state index contributed by atoms with van der Waals surface area (Å²) < 4.78 is 1.06. The van der Waals surface area contributed by atoms with E-state index in [1.807, 2.05) is 32.0 Å². The van der Waals surface area contributed by atoms with Crippen molar-refractivity contribution in [2.75, 3.05) is 11.9 Å². The average Bonchev–Trinajstić information content (AvgIpc) is 2.10. The van der Waals surface area contributed by atoms with Gasteiger partial charge in [-0.15, -0.1) is 0 Å². The maximum atomic E-state index is 5.65. The molecule has 0 saturated carbocycles. The summed E-state index contributed by atoms with van der Waals surface area (Å²) in [6.07, 6.45) is 0. The maximum Gasteiger partial charge on any atom is 0.193 e. The SMILES string of the molecule is CCN=C(N)Nc1ccc(Br)cc1C. The summed E-state index contributed by atoms with van der Waals surface area (Å²) in [5.41, 5.74) is 7.77. The molecule has 0 aromatic heterocycles. The second-order valence-electron chi connectivity index (χ2n) is 2.94. The summed E-state index contributed by atoms with van der Waals surface area (Å²) in [5.74, 6) is 0.456. The zero-order valence-electron chi connectivity index (χ0n) is 8.34. The Balaban J connectivity index is 2.82. The number of aliphatic imine (C=N–C) groups is 1. The van der Waals surface area contributed by atoms with E-state index in [2.05, 4.69) is 26.2 Å². The topological polar surface area (TPSA) is 50.4 Å². The summed E-state index contributed by atoms with van der Waals surface area (Å²) in [5, 5.41) is 3.05. The number of halogens is 1. The quantitative estimate of drug-likeness (QED) is 0.631. The van der Waals surface area contributed by atoms with Crippen LogP contribution in [0.4, 0.5) is 5.69 Å². The fraction of sp³-hybridized carbons (Fsp3) is 0.300. The summed E-state index contributed by atoms with van der Waals surface area (Å²) in [6.45, 7) is 4.66. The number of benzene rings is 1. The molecule has 0 radical (unpaired) electrons. The molecule has 0 unspecified atom stereocenters. The second-order valence-corrected chi connectivity index (χ2v) is 3.86. The number of hydrogen-bond acceptors (Lipinski definition) is 1. The van der Waals surface area contributed by atoms with Crippen LogP contribution in [0.25, 0.3) is 0 Å². The molecule has 0 amide bonds. The molecule has 1 rings (SSSR count). The molecule has 4 heteroatoms. The van der Waals surface area contributed by atoms with Crippen molar-refractivity contribution >= 4 is 27.6 Å². The number of nitrogens with one attached hydrogen (secondary N) is 1. The fourth-order valence-electron chi connectivity index (χ4n) is 1.12. The van der Waals surface area contributed by atoms with Gasteiger partial charge < -0.3 is 11.1 Å². The van der Waals surface area contributed by atoms with E-state index >= 15 is 0 Å². The van der Waals surface area contributed by atoms with Crippen molar-refractivity contribution in [3.63, 3.8) is 0 Å². The Morgan fingerprint density at radius 1 is 1.57 bits per heavy atom. The van der Waals surface area contributed by atoms with Gasteiger partial charge in [0.2, 0.25) is 0 Å². The van der Waals surface area contributed by atoms with Crippen LogP contribution < -0.4 is 11.1 Å². The molecular formula is C10H14BrN3. The Bertz CT molecular complexity index is 347. The minimum atomic E-state index is 0.456. The van der Waals surface area contributed by atoms with Crippen molar-refractivity contribution in [3.05, 3.63) is 28.2 Å². The van der Waals surface area contributed by atoms with Crippen LogP contribution in [0.2, 0.25) is 0 Å². The number of guanidine groups is 1. The zero-order valence-corrected chi connectivity index (χ0v) is 9.93. The van der Waals surface area contributed by atoms with E-state index in [-0.39, 0.29) is 0 Å². The number of nitrogens with two attached hydrogens (primary N) is 1. The highest BCUT2D eigenvalue weighted by molar-refractivity contribution is 9.10. The molecule has 0 atom stereocenters. The first-order valence-corrected chi connectivity index (χ1v) is 5.26. The van der Waals surface area contributed by atoms with Crippen LogP contribution in [0.3, 0.4) is 0 Å². The summed E-state index contributed by atoms with van der Waals surface area (Å²) >= 11 is 3.40. The second kappa shape index (κ2) is 5.00. The summed E-state index contributed by atoms with van der Waals surface area (Å²) in [4.78, 5) is 4.06. The highest BCUT2D eigenvalue weighted by atomic mass is 79.9. The Labute approximate surface area is 92.5 Å². The van der Waals surface area contributed by atoms with Crippen molar-refractivity contribution in [3.8, 4) is 0 Å². The number of rotatable bonds is 2. The number of nitrogens with zero attached hydrogens (tertiary/aromatic N) is 1. The molecule has 1 aromatic rings. The first-order chi connectivity index (χ1) is 6.63. The average molecular weight is 256 g/mol. The van der Waals surface area contributed by atoms with Gasteiger partial charge in [0.15, 0.2) is 5.96 Å². The smallest absolute Gasteiger partial charge is 0.193 e. The Morgan fingerprint density at radius 3 is 2.86 bits per heavy atom. The Morgan fingerprint density at radius 2 is 2.29 bits per heavy atom. The van der Waals surface area contributed by atoms with Gasteiger partial charge in [0.1, 0.15) is 0 Å². The van der Waals surface area contributed by atoms with Gasteiger partial charge in [-0.25, -0.2) is 0 Å². The number of anilines is 1. The largest absolute Gasteiger partial charge is 0.370 e. The molecule has 14 heavy (non-hydrogen) atoms. The van der Waals surface area contributed by atoms with Crippen molar-refractivity contribution in [2.24, 2.45) is 10.7 Å². The predicted octanol–water partition coefficient (Wildman–Crippen LogP) is 2.50. The van der Waals surface area contributed by atoms with E-state index in [9.17, 15) is 0 Å². The third kappa shape index (κ3) is 3.03. The van der Waals surface area contributed by atoms with E-state index in [0.29, 0.717) is 12.5 Å². The van der Waals surface area contributed by atoms with Gasteiger partial charge in [-0.1, -0.05) is 15.9 Å². The maximum absolute atomic E-state index is 5.65. The normalized spacial score (nSPS) is 11.5. The molecule has 0 saturated heterocycles. The van der Waals surface area contributed by atoms with Crippen LogP contribution in [0, 0.1) is 6.92 Å². The Hall–Kier alpha value is -1.03. The summed E-state index contributed by atoms with van der Waals surface area (Å²) in [6, 6.07) is 5.97. The van der Waals surface area contributed by atoms with E-state index < -0.39 is 0 Å². The number of aryl methyl sites for hydroxylation is 1. The van der Waals surface area contributed by atoms with Crippen molar-refractivity contribution in [1.82, 2.24) is 0 Å². The molecule has 0 fully saturated rings. The van der Waals surface area contributed by atoms with E-state index in [4.69, 9.17) is 5.73 Å². The third-order valence-electron chi connectivity index (χ3n) is 1.78. The molecule has 0 aliphatic carbocycles. The third-order valence-corrected chi connectivity index (χ3v) is 2.27. The Kier molecular flexibility index (Phi) is 3.95. The lowest BCUT2D eigenvalue weighted by atomic mass is 10.2. The van der Waals surface area contributed by atoms with Crippen LogP contribution in [0.15, 0.2) is 27.7 Å². The predicted molar refractivity (Wildman–Crippen MR) is 64.7 cm³/mol. The van der Waals surface area contributed by atoms with Crippen molar-refractivity contribution in [1.29, 1.82) is 0 Å². The lowest BCUT2D eigenvalue weighted by Crippen LogP contribution is -2.23. The lowest BCUT2D eigenvalue weighted by Gasteiger charge is -2.08. The molecule has 3 N–H and O–H groups in total. The standard InChI is InChI=1S/C10H14BrN3/c1-3-13-10(12)14-9-5-4-8(11)6-7(9)2/h4-6H,3H2,1-2H3,(H3,12,13,14).